The van der Waals surface area contributed by atoms with Crippen molar-refractivity contribution in [2.24, 2.45) is 0 Å². The summed E-state index contributed by atoms with van der Waals surface area (Å²) >= 11 is 6.12. The maximum absolute atomic E-state index is 12.3. The Balaban J connectivity index is 2.04. The van der Waals surface area contributed by atoms with Crippen LogP contribution in [0.3, 0.4) is 0 Å². The number of nitrogens with zero attached hydrogens (tertiary/aromatic N) is 4. The second-order valence-electron chi connectivity index (χ2n) is 6.01. The van der Waals surface area contributed by atoms with Crippen LogP contribution in [0.15, 0.2) is 6.20 Å². The van der Waals surface area contributed by atoms with E-state index >= 15 is 0 Å². The Hall–Kier alpha value is -2.35. The maximum atomic E-state index is 12.3. The average molecular weight is 381 g/mol. The van der Waals surface area contributed by atoms with Gasteiger partial charge in [0.2, 0.25) is 5.91 Å². The molecule has 0 fully saturated rings. The van der Waals surface area contributed by atoms with Crippen LogP contribution in [0, 0.1) is 13.8 Å². The van der Waals surface area contributed by atoms with Gasteiger partial charge in [0.25, 0.3) is 5.91 Å². The predicted octanol–water partition coefficient (Wildman–Crippen LogP) is 2.54. The van der Waals surface area contributed by atoms with Crippen molar-refractivity contribution in [1.82, 2.24) is 24.9 Å². The summed E-state index contributed by atoms with van der Waals surface area (Å²) in [5, 5.41) is 14.7. The molecule has 0 aromatic carbocycles. The molecular weight excluding hydrogens is 356 g/mol. The Kier molecular flexibility index (Phi) is 6.79. The van der Waals surface area contributed by atoms with Crippen LogP contribution in [0.25, 0.3) is 0 Å². The molecule has 2 aromatic heterocycles. The smallest absolute Gasteiger partial charge is 0.273 e. The molecule has 9 heteroatoms. The van der Waals surface area contributed by atoms with Crippen molar-refractivity contribution in [2.45, 2.75) is 53.6 Å². The molecule has 0 radical (unpaired) electrons. The number of halogens is 1. The molecule has 0 unspecified atom stereocenters. The molecule has 0 saturated heterocycles. The van der Waals surface area contributed by atoms with Gasteiger partial charge in [-0.3, -0.25) is 19.0 Å². The van der Waals surface area contributed by atoms with Crippen molar-refractivity contribution in [3.63, 3.8) is 0 Å². The zero-order chi connectivity index (χ0) is 19.3. The van der Waals surface area contributed by atoms with Crippen molar-refractivity contribution in [2.75, 3.05) is 11.9 Å². The van der Waals surface area contributed by atoms with Crippen LogP contribution in [0.2, 0.25) is 5.02 Å². The van der Waals surface area contributed by atoms with E-state index in [9.17, 15) is 9.59 Å². The normalized spacial score (nSPS) is 10.8. The third kappa shape index (κ3) is 4.63. The first-order valence-electron chi connectivity index (χ1n) is 8.72. The van der Waals surface area contributed by atoms with Crippen LogP contribution in [0.1, 0.15) is 48.6 Å². The Morgan fingerprint density at radius 1 is 1.23 bits per heavy atom. The van der Waals surface area contributed by atoms with Crippen molar-refractivity contribution in [3.05, 3.63) is 28.3 Å². The Labute approximate surface area is 157 Å². The highest BCUT2D eigenvalue weighted by Gasteiger charge is 2.18. The van der Waals surface area contributed by atoms with E-state index in [-0.39, 0.29) is 23.9 Å². The van der Waals surface area contributed by atoms with Gasteiger partial charge in [-0.05, 0) is 27.2 Å². The van der Waals surface area contributed by atoms with E-state index in [1.54, 1.807) is 15.6 Å². The van der Waals surface area contributed by atoms with E-state index in [0.29, 0.717) is 30.3 Å². The number of rotatable bonds is 8. The molecule has 142 valence electrons. The van der Waals surface area contributed by atoms with Gasteiger partial charge >= 0.3 is 0 Å². The van der Waals surface area contributed by atoms with Crippen LogP contribution < -0.4 is 10.6 Å². The molecule has 2 N–H and O–H groups in total. The van der Waals surface area contributed by atoms with Crippen molar-refractivity contribution < 1.29 is 9.59 Å². The van der Waals surface area contributed by atoms with Crippen molar-refractivity contribution in [3.8, 4) is 0 Å². The SMILES string of the molecule is CCCNC(=O)c1nn(CC)cc1NC(=O)CCn1nc(C)c(Cl)c1C. The number of hydrogen-bond acceptors (Lipinski definition) is 4. The summed E-state index contributed by atoms with van der Waals surface area (Å²) in [5.74, 6) is -0.506. The zero-order valence-corrected chi connectivity index (χ0v) is 16.4. The number of hydrogen-bond donors (Lipinski definition) is 2. The summed E-state index contributed by atoms with van der Waals surface area (Å²) in [6, 6.07) is 0. The summed E-state index contributed by atoms with van der Waals surface area (Å²) < 4.78 is 3.33. The molecule has 2 rings (SSSR count). The van der Waals surface area contributed by atoms with Gasteiger partial charge in [-0.1, -0.05) is 18.5 Å². The zero-order valence-electron chi connectivity index (χ0n) is 15.6. The summed E-state index contributed by atoms with van der Waals surface area (Å²) in [6.07, 6.45) is 2.71. The maximum Gasteiger partial charge on any atom is 0.273 e. The van der Waals surface area contributed by atoms with E-state index < -0.39 is 0 Å². The number of aryl methyl sites for hydroxylation is 3. The van der Waals surface area contributed by atoms with Crippen LogP contribution in [0.5, 0.6) is 0 Å². The lowest BCUT2D eigenvalue weighted by Gasteiger charge is -2.07. The van der Waals surface area contributed by atoms with E-state index in [4.69, 9.17) is 11.6 Å². The van der Waals surface area contributed by atoms with E-state index in [1.165, 1.54) is 0 Å². The van der Waals surface area contributed by atoms with Gasteiger partial charge < -0.3 is 10.6 Å². The first-order valence-corrected chi connectivity index (χ1v) is 9.10. The molecule has 0 bridgehead atoms. The fraction of sp³-hybridized carbons (Fsp3) is 0.529. The molecule has 26 heavy (non-hydrogen) atoms. The van der Waals surface area contributed by atoms with Gasteiger partial charge in [0, 0.05) is 25.7 Å². The molecule has 2 heterocycles. The van der Waals surface area contributed by atoms with E-state index in [1.807, 2.05) is 27.7 Å². The quantitative estimate of drug-likeness (QED) is 0.735. The third-order valence-electron chi connectivity index (χ3n) is 3.95. The number of carbonyl (C=O) groups is 2. The molecule has 0 aliphatic carbocycles. The standard InChI is InChI=1S/C17H25ClN6O2/c1-5-8-19-17(26)16-13(10-23(6-2)22-16)20-14(25)7-9-24-12(4)15(18)11(3)21-24/h10H,5-9H2,1-4H3,(H,19,26)(H,20,25). The first kappa shape index (κ1) is 20.0. The van der Waals surface area contributed by atoms with Crippen LogP contribution in [-0.2, 0) is 17.9 Å². The Bertz CT molecular complexity index is 796. The van der Waals surface area contributed by atoms with Crippen LogP contribution in [-0.4, -0.2) is 37.9 Å². The van der Waals surface area contributed by atoms with E-state index in [0.717, 1.165) is 17.8 Å². The average Bonchev–Trinajstić information content (AvgIpc) is 3.14. The molecule has 2 aromatic rings. The molecule has 0 aliphatic heterocycles. The van der Waals surface area contributed by atoms with Gasteiger partial charge in [-0.25, -0.2) is 0 Å². The molecule has 0 atom stereocenters. The highest BCUT2D eigenvalue weighted by atomic mass is 35.5. The summed E-state index contributed by atoms with van der Waals surface area (Å²) in [7, 11) is 0. The molecule has 0 spiro atoms. The van der Waals surface area contributed by atoms with Gasteiger partial charge in [-0.2, -0.15) is 10.2 Å². The number of amides is 2. The Morgan fingerprint density at radius 3 is 2.54 bits per heavy atom. The van der Waals surface area contributed by atoms with Gasteiger partial charge in [-0.15, -0.1) is 0 Å². The lowest BCUT2D eigenvalue weighted by atomic mass is 10.3. The molecule has 0 aliphatic rings. The minimum Gasteiger partial charge on any atom is -0.351 e. The summed E-state index contributed by atoms with van der Waals surface area (Å²) in [5.41, 5.74) is 2.21. The largest absolute Gasteiger partial charge is 0.351 e. The van der Waals surface area contributed by atoms with Gasteiger partial charge in [0.1, 0.15) is 0 Å². The summed E-state index contributed by atoms with van der Waals surface area (Å²) in [4.78, 5) is 24.6. The minimum atomic E-state index is -0.292. The van der Waals surface area contributed by atoms with Crippen molar-refractivity contribution in [1.29, 1.82) is 0 Å². The number of anilines is 1. The predicted molar refractivity (Wildman–Crippen MR) is 100 cm³/mol. The molecule has 2 amide bonds. The highest BCUT2D eigenvalue weighted by molar-refractivity contribution is 6.31. The molecule has 8 nitrogen and oxygen atoms in total. The number of aromatic nitrogens is 4. The van der Waals surface area contributed by atoms with E-state index in [2.05, 4.69) is 20.8 Å². The lowest BCUT2D eigenvalue weighted by molar-refractivity contribution is -0.116. The van der Waals surface area contributed by atoms with Gasteiger partial charge in [0.15, 0.2) is 5.69 Å². The van der Waals surface area contributed by atoms with Crippen LogP contribution in [0.4, 0.5) is 5.69 Å². The first-order chi connectivity index (χ1) is 12.4. The third-order valence-corrected chi connectivity index (χ3v) is 4.50. The number of nitrogens with one attached hydrogen (secondary N) is 2. The topological polar surface area (TPSA) is 93.8 Å². The van der Waals surface area contributed by atoms with Gasteiger partial charge in [0.05, 0.1) is 28.6 Å². The fourth-order valence-electron chi connectivity index (χ4n) is 2.48. The highest BCUT2D eigenvalue weighted by Crippen LogP contribution is 2.19. The fourth-order valence-corrected chi connectivity index (χ4v) is 2.61. The second kappa shape index (κ2) is 8.84. The van der Waals surface area contributed by atoms with Crippen LogP contribution >= 0.6 is 11.6 Å². The minimum absolute atomic E-state index is 0.214. The van der Waals surface area contributed by atoms with Crippen molar-refractivity contribution >= 4 is 29.1 Å². The second-order valence-corrected chi connectivity index (χ2v) is 6.39. The summed E-state index contributed by atoms with van der Waals surface area (Å²) in [6.45, 7) is 9.15. The molecule has 0 saturated carbocycles. The number of carbonyl (C=O) groups excluding carboxylic acids is 2. The molecular formula is C17H25ClN6O2. The lowest BCUT2D eigenvalue weighted by Crippen LogP contribution is -2.26. The monoisotopic (exact) mass is 380 g/mol. The Morgan fingerprint density at radius 2 is 1.96 bits per heavy atom.